The molecule has 104 valence electrons. The van der Waals surface area contributed by atoms with Crippen LogP contribution in [0.4, 0.5) is 4.39 Å². The van der Waals surface area contributed by atoms with E-state index in [9.17, 15) is 9.18 Å². The van der Waals surface area contributed by atoms with Gasteiger partial charge in [0, 0.05) is 24.5 Å². The van der Waals surface area contributed by atoms with Crippen LogP contribution >= 0.6 is 27.3 Å². The summed E-state index contributed by atoms with van der Waals surface area (Å²) in [5.41, 5.74) is 0.771. The zero-order valence-corrected chi connectivity index (χ0v) is 13.2. The van der Waals surface area contributed by atoms with E-state index in [1.807, 2.05) is 12.1 Å². The molecule has 5 heteroatoms. The van der Waals surface area contributed by atoms with Gasteiger partial charge in [-0.25, -0.2) is 4.39 Å². The van der Waals surface area contributed by atoms with Crippen molar-refractivity contribution in [3.05, 3.63) is 62.5 Å². The highest BCUT2D eigenvalue weighted by Gasteiger charge is 2.06. The molecular weight excluding hydrogens is 341 g/mol. The first kappa shape index (κ1) is 14.9. The Balaban J connectivity index is 1.97. The second-order valence-electron chi connectivity index (χ2n) is 4.30. The minimum atomic E-state index is -0.290. The SMILES string of the molecule is CN(Cc1cccc(F)c1)C(=O)C=Cc1ccc(Br)s1. The maximum Gasteiger partial charge on any atom is 0.246 e. The van der Waals surface area contributed by atoms with E-state index in [4.69, 9.17) is 0 Å². The zero-order chi connectivity index (χ0) is 14.5. The molecule has 0 unspecified atom stereocenters. The second-order valence-corrected chi connectivity index (χ2v) is 6.79. The normalized spacial score (nSPS) is 10.9. The Bertz CT molecular complexity index is 638. The molecule has 0 aliphatic heterocycles. The average molecular weight is 354 g/mol. The van der Waals surface area contributed by atoms with Gasteiger partial charge in [0.1, 0.15) is 5.82 Å². The van der Waals surface area contributed by atoms with Gasteiger partial charge >= 0.3 is 0 Å². The molecule has 2 nitrogen and oxygen atoms in total. The van der Waals surface area contributed by atoms with E-state index in [1.165, 1.54) is 18.2 Å². The van der Waals surface area contributed by atoms with Gasteiger partial charge < -0.3 is 4.90 Å². The topological polar surface area (TPSA) is 20.3 Å². The Labute approximate surface area is 129 Å². The standard InChI is InChI=1S/C15H13BrFNOS/c1-18(10-11-3-2-4-12(17)9-11)15(19)8-6-13-5-7-14(16)20-13/h2-9H,10H2,1H3. The predicted octanol–water partition coefficient (Wildman–Crippen LogP) is 4.32. The number of thiophene rings is 1. The van der Waals surface area contributed by atoms with Crippen molar-refractivity contribution >= 4 is 39.2 Å². The number of rotatable bonds is 4. The van der Waals surface area contributed by atoms with Gasteiger partial charge in [-0.1, -0.05) is 12.1 Å². The van der Waals surface area contributed by atoms with Crippen molar-refractivity contribution in [2.75, 3.05) is 7.05 Å². The summed E-state index contributed by atoms with van der Waals surface area (Å²) in [5, 5.41) is 0. The summed E-state index contributed by atoms with van der Waals surface area (Å²) >= 11 is 4.93. The van der Waals surface area contributed by atoms with Crippen LogP contribution in [0.3, 0.4) is 0 Å². The van der Waals surface area contributed by atoms with Crippen molar-refractivity contribution in [2.24, 2.45) is 0 Å². The highest BCUT2D eigenvalue weighted by atomic mass is 79.9. The van der Waals surface area contributed by atoms with Crippen molar-refractivity contribution in [1.29, 1.82) is 0 Å². The van der Waals surface area contributed by atoms with Crippen LogP contribution in [-0.2, 0) is 11.3 Å². The average Bonchev–Trinajstić information content (AvgIpc) is 2.81. The lowest BCUT2D eigenvalue weighted by Gasteiger charge is -2.15. The molecule has 0 N–H and O–H groups in total. The van der Waals surface area contributed by atoms with Gasteiger partial charge in [-0.15, -0.1) is 11.3 Å². The Morgan fingerprint density at radius 2 is 2.20 bits per heavy atom. The van der Waals surface area contributed by atoms with Gasteiger partial charge in [0.15, 0.2) is 0 Å². The molecule has 0 spiro atoms. The van der Waals surface area contributed by atoms with E-state index in [0.29, 0.717) is 6.54 Å². The Morgan fingerprint density at radius 1 is 1.40 bits per heavy atom. The Kier molecular flexibility index (Phi) is 5.09. The molecular formula is C15H13BrFNOS. The quantitative estimate of drug-likeness (QED) is 0.749. The van der Waals surface area contributed by atoms with Crippen LogP contribution in [0.15, 0.2) is 46.3 Å². The molecule has 1 aromatic heterocycles. The lowest BCUT2D eigenvalue weighted by atomic mass is 10.2. The summed E-state index contributed by atoms with van der Waals surface area (Å²) in [6.45, 7) is 0.384. The van der Waals surface area contributed by atoms with Gasteiger partial charge in [-0.3, -0.25) is 4.79 Å². The van der Waals surface area contributed by atoms with Crippen LogP contribution in [-0.4, -0.2) is 17.9 Å². The fraction of sp³-hybridized carbons (Fsp3) is 0.133. The molecule has 0 saturated heterocycles. The molecule has 2 rings (SSSR count). The van der Waals surface area contributed by atoms with Crippen LogP contribution in [0.25, 0.3) is 6.08 Å². The van der Waals surface area contributed by atoms with Gasteiger partial charge in [0.25, 0.3) is 0 Å². The van der Waals surface area contributed by atoms with Crippen LogP contribution in [0.5, 0.6) is 0 Å². The van der Waals surface area contributed by atoms with E-state index in [1.54, 1.807) is 41.5 Å². The van der Waals surface area contributed by atoms with Gasteiger partial charge in [-0.05, 0) is 51.8 Å². The molecule has 1 amide bonds. The van der Waals surface area contributed by atoms with E-state index in [2.05, 4.69) is 15.9 Å². The first-order valence-corrected chi connectivity index (χ1v) is 7.58. The first-order valence-electron chi connectivity index (χ1n) is 5.97. The third-order valence-corrected chi connectivity index (χ3v) is 4.26. The van der Waals surface area contributed by atoms with Gasteiger partial charge in [0.05, 0.1) is 3.79 Å². The molecule has 0 fully saturated rings. The summed E-state index contributed by atoms with van der Waals surface area (Å²) in [7, 11) is 1.70. The highest BCUT2D eigenvalue weighted by Crippen LogP contribution is 2.23. The van der Waals surface area contributed by atoms with E-state index < -0.39 is 0 Å². The zero-order valence-electron chi connectivity index (χ0n) is 10.8. The van der Waals surface area contributed by atoms with Gasteiger partial charge in [-0.2, -0.15) is 0 Å². The molecule has 1 heterocycles. The Morgan fingerprint density at radius 3 is 2.85 bits per heavy atom. The third kappa shape index (κ3) is 4.28. The number of carbonyl (C=O) groups is 1. The minimum absolute atomic E-state index is 0.112. The predicted molar refractivity (Wildman–Crippen MR) is 83.9 cm³/mol. The summed E-state index contributed by atoms with van der Waals surface area (Å²) in [6.07, 6.45) is 3.30. The van der Waals surface area contributed by atoms with Crippen molar-refractivity contribution in [3.8, 4) is 0 Å². The van der Waals surface area contributed by atoms with Crippen LogP contribution < -0.4 is 0 Å². The van der Waals surface area contributed by atoms with Crippen molar-refractivity contribution in [2.45, 2.75) is 6.54 Å². The Hall–Kier alpha value is -1.46. The van der Waals surface area contributed by atoms with Crippen molar-refractivity contribution in [1.82, 2.24) is 4.90 Å². The monoisotopic (exact) mass is 353 g/mol. The van der Waals surface area contributed by atoms with Gasteiger partial charge in [0.2, 0.25) is 5.91 Å². The lowest BCUT2D eigenvalue weighted by Crippen LogP contribution is -2.24. The number of hydrogen-bond donors (Lipinski definition) is 0. The van der Waals surface area contributed by atoms with Crippen LogP contribution in [0.2, 0.25) is 0 Å². The third-order valence-electron chi connectivity index (χ3n) is 2.67. The second kappa shape index (κ2) is 6.81. The van der Waals surface area contributed by atoms with Crippen molar-refractivity contribution < 1.29 is 9.18 Å². The van der Waals surface area contributed by atoms with Crippen molar-refractivity contribution in [3.63, 3.8) is 0 Å². The molecule has 0 atom stereocenters. The van der Waals surface area contributed by atoms with Crippen LogP contribution in [0.1, 0.15) is 10.4 Å². The number of carbonyl (C=O) groups excluding carboxylic acids is 1. The molecule has 2 aromatic rings. The fourth-order valence-electron chi connectivity index (χ4n) is 1.69. The molecule has 1 aromatic carbocycles. The number of likely N-dealkylation sites (N-methyl/N-ethyl adjacent to an activating group) is 1. The molecule has 0 bridgehead atoms. The molecule has 20 heavy (non-hydrogen) atoms. The summed E-state index contributed by atoms with van der Waals surface area (Å²) in [6, 6.07) is 10.1. The highest BCUT2D eigenvalue weighted by molar-refractivity contribution is 9.11. The number of amides is 1. The summed E-state index contributed by atoms with van der Waals surface area (Å²) in [5.74, 6) is -0.402. The van der Waals surface area contributed by atoms with E-state index in [0.717, 1.165) is 14.2 Å². The largest absolute Gasteiger partial charge is 0.338 e. The smallest absolute Gasteiger partial charge is 0.246 e. The number of benzene rings is 1. The number of nitrogens with zero attached hydrogens (tertiary/aromatic N) is 1. The molecule has 0 saturated carbocycles. The maximum absolute atomic E-state index is 13.1. The molecule has 0 aliphatic rings. The minimum Gasteiger partial charge on any atom is -0.338 e. The first-order chi connectivity index (χ1) is 9.54. The number of halogens is 2. The summed E-state index contributed by atoms with van der Waals surface area (Å²) in [4.78, 5) is 14.5. The molecule has 0 aliphatic carbocycles. The van der Waals surface area contributed by atoms with E-state index >= 15 is 0 Å². The number of hydrogen-bond acceptors (Lipinski definition) is 2. The van der Waals surface area contributed by atoms with E-state index in [-0.39, 0.29) is 11.7 Å². The van der Waals surface area contributed by atoms with Crippen LogP contribution in [0, 0.1) is 5.82 Å². The fourth-order valence-corrected chi connectivity index (χ4v) is 3.01. The maximum atomic E-state index is 13.1. The summed E-state index contributed by atoms with van der Waals surface area (Å²) < 4.78 is 14.1. The lowest BCUT2D eigenvalue weighted by molar-refractivity contribution is -0.125. The molecule has 0 radical (unpaired) electrons.